The van der Waals surface area contributed by atoms with Gasteiger partial charge < -0.3 is 10.6 Å². The number of hydrogen-bond donors (Lipinski definition) is 2. The summed E-state index contributed by atoms with van der Waals surface area (Å²) in [5.41, 5.74) is 0. The minimum Gasteiger partial charge on any atom is -0.312 e. The molecule has 4 atom stereocenters. The van der Waals surface area contributed by atoms with E-state index in [0.29, 0.717) is 0 Å². The van der Waals surface area contributed by atoms with Gasteiger partial charge in [0.15, 0.2) is 0 Å². The lowest BCUT2D eigenvalue weighted by molar-refractivity contribution is 0.281. The summed E-state index contributed by atoms with van der Waals surface area (Å²) in [7, 11) is 0. The Morgan fingerprint density at radius 2 is 2.07 bits per heavy atom. The first kappa shape index (κ1) is 11.4. The highest BCUT2D eigenvalue weighted by Gasteiger charge is 2.24. The molecule has 2 aliphatic rings. The van der Waals surface area contributed by atoms with Crippen molar-refractivity contribution in [2.24, 2.45) is 11.8 Å². The van der Waals surface area contributed by atoms with Crippen molar-refractivity contribution in [1.29, 1.82) is 0 Å². The van der Waals surface area contributed by atoms with Crippen LogP contribution in [0.15, 0.2) is 0 Å². The largest absolute Gasteiger partial charge is 0.312 e. The minimum absolute atomic E-state index is 0.717. The standard InChI is InChI=1S/C13H26N2/c1-10-5-6-12(8-10)15-9-13-11(2)4-3-7-14-13/h10-15H,3-9H2,1-2H3. The summed E-state index contributed by atoms with van der Waals surface area (Å²) in [5, 5.41) is 7.39. The molecule has 0 aromatic heterocycles. The van der Waals surface area contributed by atoms with Gasteiger partial charge in [-0.05, 0) is 50.5 Å². The zero-order valence-corrected chi connectivity index (χ0v) is 10.3. The maximum Gasteiger partial charge on any atom is 0.0218 e. The highest BCUT2D eigenvalue weighted by Crippen LogP contribution is 2.25. The van der Waals surface area contributed by atoms with E-state index < -0.39 is 0 Å². The van der Waals surface area contributed by atoms with E-state index in [-0.39, 0.29) is 0 Å². The predicted octanol–water partition coefficient (Wildman–Crippen LogP) is 2.15. The number of hydrogen-bond acceptors (Lipinski definition) is 2. The van der Waals surface area contributed by atoms with E-state index in [2.05, 4.69) is 24.5 Å². The fourth-order valence-electron chi connectivity index (χ4n) is 3.07. The van der Waals surface area contributed by atoms with Crippen LogP contribution in [0, 0.1) is 11.8 Å². The van der Waals surface area contributed by atoms with Crippen LogP contribution >= 0.6 is 0 Å². The van der Waals surface area contributed by atoms with E-state index >= 15 is 0 Å². The smallest absolute Gasteiger partial charge is 0.0218 e. The summed E-state index contributed by atoms with van der Waals surface area (Å²) in [6.07, 6.45) is 6.97. The lowest BCUT2D eigenvalue weighted by Gasteiger charge is -2.31. The van der Waals surface area contributed by atoms with Gasteiger partial charge in [-0.25, -0.2) is 0 Å². The van der Waals surface area contributed by atoms with Crippen LogP contribution in [0.2, 0.25) is 0 Å². The third-order valence-electron chi connectivity index (χ3n) is 4.25. The van der Waals surface area contributed by atoms with Gasteiger partial charge in [0.1, 0.15) is 0 Å². The molecule has 2 heteroatoms. The van der Waals surface area contributed by atoms with E-state index in [1.165, 1.54) is 45.2 Å². The monoisotopic (exact) mass is 210 g/mol. The Labute approximate surface area is 94.2 Å². The summed E-state index contributed by atoms with van der Waals surface area (Å²) >= 11 is 0. The van der Waals surface area contributed by atoms with E-state index in [0.717, 1.165) is 23.9 Å². The van der Waals surface area contributed by atoms with Crippen LogP contribution in [-0.2, 0) is 0 Å². The van der Waals surface area contributed by atoms with Crippen molar-refractivity contribution in [1.82, 2.24) is 10.6 Å². The number of nitrogens with one attached hydrogen (secondary N) is 2. The molecule has 2 nitrogen and oxygen atoms in total. The van der Waals surface area contributed by atoms with Crippen LogP contribution in [0.4, 0.5) is 0 Å². The molecule has 2 N–H and O–H groups in total. The highest BCUT2D eigenvalue weighted by molar-refractivity contribution is 4.84. The van der Waals surface area contributed by atoms with Crippen molar-refractivity contribution in [2.75, 3.05) is 13.1 Å². The molecule has 1 aliphatic carbocycles. The maximum atomic E-state index is 3.75. The van der Waals surface area contributed by atoms with Gasteiger partial charge in [-0.3, -0.25) is 0 Å². The Morgan fingerprint density at radius 1 is 1.20 bits per heavy atom. The van der Waals surface area contributed by atoms with Gasteiger partial charge in [0, 0.05) is 18.6 Å². The van der Waals surface area contributed by atoms with Gasteiger partial charge in [0.25, 0.3) is 0 Å². The second-order valence-electron chi connectivity index (χ2n) is 5.70. The summed E-state index contributed by atoms with van der Waals surface area (Å²) in [4.78, 5) is 0. The third kappa shape index (κ3) is 3.18. The quantitative estimate of drug-likeness (QED) is 0.746. The Bertz CT molecular complexity index is 193. The molecule has 1 aliphatic heterocycles. The van der Waals surface area contributed by atoms with Crippen LogP contribution in [0.5, 0.6) is 0 Å². The zero-order valence-electron chi connectivity index (χ0n) is 10.3. The van der Waals surface area contributed by atoms with E-state index in [1.807, 2.05) is 0 Å². The van der Waals surface area contributed by atoms with Crippen molar-refractivity contribution in [3.8, 4) is 0 Å². The first-order valence-electron chi connectivity index (χ1n) is 6.72. The Kier molecular flexibility index (Phi) is 4.04. The molecule has 0 bridgehead atoms. The molecule has 1 saturated carbocycles. The molecular formula is C13H26N2. The Hall–Kier alpha value is -0.0800. The summed E-state index contributed by atoms with van der Waals surface area (Å²) < 4.78 is 0. The molecule has 1 heterocycles. The van der Waals surface area contributed by atoms with Crippen molar-refractivity contribution < 1.29 is 0 Å². The lowest BCUT2D eigenvalue weighted by atomic mass is 9.92. The Balaban J connectivity index is 1.68. The SMILES string of the molecule is CC1CCC(NCC2NCCCC2C)C1. The molecule has 2 rings (SSSR count). The highest BCUT2D eigenvalue weighted by atomic mass is 15.0. The fourth-order valence-corrected chi connectivity index (χ4v) is 3.07. The molecule has 88 valence electrons. The third-order valence-corrected chi connectivity index (χ3v) is 4.25. The summed E-state index contributed by atoms with van der Waals surface area (Å²) in [5.74, 6) is 1.80. The minimum atomic E-state index is 0.717. The Morgan fingerprint density at radius 3 is 2.73 bits per heavy atom. The molecule has 0 radical (unpaired) electrons. The van der Waals surface area contributed by atoms with Crippen molar-refractivity contribution in [3.63, 3.8) is 0 Å². The second-order valence-corrected chi connectivity index (χ2v) is 5.70. The van der Waals surface area contributed by atoms with Crippen LogP contribution < -0.4 is 10.6 Å². The van der Waals surface area contributed by atoms with Crippen molar-refractivity contribution in [3.05, 3.63) is 0 Å². The maximum absolute atomic E-state index is 3.75. The second kappa shape index (κ2) is 5.31. The summed E-state index contributed by atoms with van der Waals surface area (Å²) in [6.45, 7) is 7.16. The van der Waals surface area contributed by atoms with Crippen LogP contribution in [0.25, 0.3) is 0 Å². The van der Waals surface area contributed by atoms with E-state index in [9.17, 15) is 0 Å². The molecule has 0 aromatic carbocycles. The van der Waals surface area contributed by atoms with E-state index in [4.69, 9.17) is 0 Å². The average molecular weight is 210 g/mol. The van der Waals surface area contributed by atoms with Crippen LogP contribution in [0.3, 0.4) is 0 Å². The predicted molar refractivity (Wildman–Crippen MR) is 65.0 cm³/mol. The van der Waals surface area contributed by atoms with Gasteiger partial charge >= 0.3 is 0 Å². The van der Waals surface area contributed by atoms with Gasteiger partial charge in [-0.15, -0.1) is 0 Å². The molecule has 0 spiro atoms. The van der Waals surface area contributed by atoms with Gasteiger partial charge in [-0.1, -0.05) is 13.8 Å². The molecule has 4 unspecified atom stereocenters. The topological polar surface area (TPSA) is 24.1 Å². The van der Waals surface area contributed by atoms with Gasteiger partial charge in [-0.2, -0.15) is 0 Å². The average Bonchev–Trinajstić information content (AvgIpc) is 2.63. The molecule has 0 aromatic rings. The molecule has 2 fully saturated rings. The van der Waals surface area contributed by atoms with Crippen molar-refractivity contribution >= 4 is 0 Å². The van der Waals surface area contributed by atoms with Crippen LogP contribution in [0.1, 0.15) is 46.0 Å². The molecule has 15 heavy (non-hydrogen) atoms. The number of rotatable bonds is 3. The lowest BCUT2D eigenvalue weighted by Crippen LogP contribution is -2.48. The first-order valence-corrected chi connectivity index (χ1v) is 6.72. The van der Waals surface area contributed by atoms with Gasteiger partial charge in [0.2, 0.25) is 0 Å². The van der Waals surface area contributed by atoms with E-state index in [1.54, 1.807) is 0 Å². The molecule has 1 saturated heterocycles. The number of piperidine rings is 1. The fraction of sp³-hybridized carbons (Fsp3) is 1.00. The summed E-state index contributed by atoms with van der Waals surface area (Å²) in [6, 6.07) is 1.52. The van der Waals surface area contributed by atoms with Crippen molar-refractivity contribution in [2.45, 2.75) is 58.0 Å². The molecular weight excluding hydrogens is 184 g/mol. The molecule has 0 amide bonds. The first-order chi connectivity index (χ1) is 7.25. The van der Waals surface area contributed by atoms with Crippen LogP contribution in [-0.4, -0.2) is 25.2 Å². The normalized spacial score (nSPS) is 42.0. The van der Waals surface area contributed by atoms with Gasteiger partial charge in [0.05, 0.1) is 0 Å². The zero-order chi connectivity index (χ0) is 10.7.